The van der Waals surface area contributed by atoms with Crippen molar-refractivity contribution in [2.45, 2.75) is 356 Å². The van der Waals surface area contributed by atoms with E-state index in [1.54, 1.807) is 0 Å². The molecule has 0 fully saturated rings. The van der Waals surface area contributed by atoms with Gasteiger partial charge in [-0.15, -0.1) is 0 Å². The molecule has 0 heterocycles. The standard InChI is InChI=1S/C72H136O17P2/c1-8-9-10-11-12-13-14-15-16-17-18-26-33-41-48-55-71(76)88-67(59-82-69(74)53-46-39-32-25-21-19-23-29-36-43-50-63(2)3)61-86-90(78,79)84-57-66(73)58-85-91(80,81)87-62-68(60-83-70(75)54-47-40-35-28-31-38-45-52-65(6)7)89-72(77)56-49-42-34-27-22-20-24-30-37-44-51-64(4)5/h13-16,63-68,73H,8-12,17-62H2,1-7H3,(H,78,79)(H,80,81)/b14-13-,16-15-/t66?,67-,68-/m1/s1. The Bertz CT molecular complexity index is 1880. The van der Waals surface area contributed by atoms with Crippen molar-refractivity contribution >= 4 is 39.5 Å². The molecule has 91 heavy (non-hydrogen) atoms. The Morgan fingerprint density at radius 3 is 0.890 bits per heavy atom. The highest BCUT2D eigenvalue weighted by molar-refractivity contribution is 7.47. The van der Waals surface area contributed by atoms with E-state index in [0.717, 1.165) is 121 Å². The summed E-state index contributed by atoms with van der Waals surface area (Å²) in [6.45, 7) is 11.7. The van der Waals surface area contributed by atoms with Crippen molar-refractivity contribution in [1.82, 2.24) is 0 Å². The number of carbonyl (C=O) groups excluding carboxylic acids is 4. The van der Waals surface area contributed by atoms with Gasteiger partial charge in [-0.2, -0.15) is 0 Å². The van der Waals surface area contributed by atoms with Gasteiger partial charge in [-0.1, -0.05) is 285 Å². The maximum Gasteiger partial charge on any atom is 0.472 e. The van der Waals surface area contributed by atoms with E-state index >= 15 is 0 Å². The topological polar surface area (TPSA) is 237 Å². The van der Waals surface area contributed by atoms with E-state index in [0.29, 0.717) is 31.6 Å². The largest absolute Gasteiger partial charge is 0.472 e. The molecular formula is C72H136O17P2. The van der Waals surface area contributed by atoms with E-state index in [1.807, 2.05) is 0 Å². The third-order valence-electron chi connectivity index (χ3n) is 16.0. The Labute approximate surface area is 554 Å². The SMILES string of the molecule is CCCCCC/C=C\C=C/CCCCCCCC(=O)O[C@H](COC(=O)CCCCCCCCCCCCC(C)C)COP(=O)(O)OCC(O)COP(=O)(O)OC[C@@H](COC(=O)CCCCCCCCCC(C)C)OC(=O)CCCCCCCCCCCCC(C)C. The van der Waals surface area contributed by atoms with Gasteiger partial charge in [0, 0.05) is 25.7 Å². The second kappa shape index (κ2) is 62.4. The molecule has 0 aromatic rings. The van der Waals surface area contributed by atoms with Crippen LogP contribution in [0.4, 0.5) is 0 Å². The van der Waals surface area contributed by atoms with Gasteiger partial charge in [-0.25, -0.2) is 9.13 Å². The number of allylic oxidation sites excluding steroid dienone is 4. The van der Waals surface area contributed by atoms with Crippen LogP contribution in [0.15, 0.2) is 24.3 Å². The van der Waals surface area contributed by atoms with Crippen molar-refractivity contribution < 1.29 is 80.2 Å². The second-order valence-electron chi connectivity index (χ2n) is 26.7. The lowest BCUT2D eigenvalue weighted by Gasteiger charge is -2.21. The fraction of sp³-hybridized carbons (Fsp3) is 0.889. The van der Waals surface area contributed by atoms with Gasteiger partial charge in [-0.3, -0.25) is 37.3 Å². The van der Waals surface area contributed by atoms with Crippen LogP contribution in [-0.2, 0) is 65.4 Å². The van der Waals surface area contributed by atoms with E-state index in [9.17, 15) is 43.2 Å². The Morgan fingerprint density at radius 2 is 0.593 bits per heavy atom. The van der Waals surface area contributed by atoms with E-state index in [2.05, 4.69) is 72.8 Å². The van der Waals surface area contributed by atoms with Crippen molar-refractivity contribution in [3.05, 3.63) is 24.3 Å². The Kier molecular flexibility index (Phi) is 60.7. The van der Waals surface area contributed by atoms with Gasteiger partial charge < -0.3 is 33.8 Å². The van der Waals surface area contributed by atoms with Crippen molar-refractivity contribution in [1.29, 1.82) is 0 Å². The number of phosphoric acid groups is 2. The molecule has 19 heteroatoms. The van der Waals surface area contributed by atoms with Crippen molar-refractivity contribution in [3.8, 4) is 0 Å². The highest BCUT2D eigenvalue weighted by Crippen LogP contribution is 2.45. The summed E-state index contributed by atoms with van der Waals surface area (Å²) in [4.78, 5) is 72.6. The van der Waals surface area contributed by atoms with Crippen LogP contribution in [0.1, 0.15) is 337 Å². The first-order valence-corrected chi connectivity index (χ1v) is 39.7. The third-order valence-corrected chi connectivity index (χ3v) is 17.9. The molecule has 17 nitrogen and oxygen atoms in total. The first kappa shape index (κ1) is 88.5. The molecule has 0 aliphatic carbocycles. The smallest absolute Gasteiger partial charge is 0.462 e. The number of unbranched alkanes of at least 4 members (excludes halogenated alkanes) is 33. The number of esters is 4. The van der Waals surface area contributed by atoms with Gasteiger partial charge in [0.2, 0.25) is 0 Å². The average molecular weight is 1340 g/mol. The average Bonchev–Trinajstić information content (AvgIpc) is 3.53. The summed E-state index contributed by atoms with van der Waals surface area (Å²) < 4.78 is 68.3. The molecule has 3 N–H and O–H groups in total. The molecule has 536 valence electrons. The molecule has 0 bridgehead atoms. The van der Waals surface area contributed by atoms with Gasteiger partial charge in [0.05, 0.1) is 26.4 Å². The lowest BCUT2D eigenvalue weighted by molar-refractivity contribution is -0.161. The monoisotopic (exact) mass is 1330 g/mol. The number of carbonyl (C=O) groups is 4. The van der Waals surface area contributed by atoms with E-state index in [4.69, 9.17) is 37.0 Å². The summed E-state index contributed by atoms with van der Waals surface area (Å²) in [6.07, 6.45) is 49.4. The summed E-state index contributed by atoms with van der Waals surface area (Å²) in [5, 5.41) is 10.6. The molecule has 0 saturated carbocycles. The zero-order valence-corrected chi connectivity index (χ0v) is 60.6. The highest BCUT2D eigenvalue weighted by Gasteiger charge is 2.30. The molecule has 0 spiro atoms. The zero-order valence-electron chi connectivity index (χ0n) is 58.8. The lowest BCUT2D eigenvalue weighted by atomic mass is 10.0. The Morgan fingerprint density at radius 1 is 0.341 bits per heavy atom. The van der Waals surface area contributed by atoms with Crippen molar-refractivity contribution in [2.24, 2.45) is 17.8 Å². The first-order valence-electron chi connectivity index (χ1n) is 36.7. The van der Waals surface area contributed by atoms with Crippen LogP contribution in [0, 0.1) is 17.8 Å². The fourth-order valence-electron chi connectivity index (χ4n) is 10.4. The number of hydrogen-bond acceptors (Lipinski definition) is 15. The highest BCUT2D eigenvalue weighted by atomic mass is 31.2. The maximum absolute atomic E-state index is 13.0. The molecule has 0 radical (unpaired) electrons. The molecular weight excluding hydrogens is 1200 g/mol. The van der Waals surface area contributed by atoms with E-state index in [-0.39, 0.29) is 25.7 Å². The van der Waals surface area contributed by atoms with Crippen LogP contribution < -0.4 is 0 Å². The van der Waals surface area contributed by atoms with E-state index in [1.165, 1.54) is 128 Å². The fourth-order valence-corrected chi connectivity index (χ4v) is 11.9. The van der Waals surface area contributed by atoms with E-state index < -0.39 is 97.5 Å². The summed E-state index contributed by atoms with van der Waals surface area (Å²) >= 11 is 0. The summed E-state index contributed by atoms with van der Waals surface area (Å²) in [5.41, 5.74) is 0. The van der Waals surface area contributed by atoms with Crippen LogP contribution >= 0.6 is 15.6 Å². The number of ether oxygens (including phenoxy) is 4. The van der Waals surface area contributed by atoms with Gasteiger partial charge in [-0.05, 0) is 69.1 Å². The quantitative estimate of drug-likeness (QED) is 0.0169. The maximum atomic E-state index is 13.0. The predicted molar refractivity (Wildman–Crippen MR) is 367 cm³/mol. The molecule has 0 aliphatic heterocycles. The van der Waals surface area contributed by atoms with Gasteiger partial charge in [0.15, 0.2) is 12.2 Å². The third kappa shape index (κ3) is 66.0. The second-order valence-corrected chi connectivity index (χ2v) is 29.6. The summed E-state index contributed by atoms with van der Waals surface area (Å²) in [7, 11) is -9.92. The molecule has 0 saturated heterocycles. The number of hydrogen-bond donors (Lipinski definition) is 3. The number of aliphatic hydroxyl groups excluding tert-OH is 1. The number of phosphoric ester groups is 2. The van der Waals surface area contributed by atoms with Crippen LogP contribution in [0.25, 0.3) is 0 Å². The Hall–Kier alpha value is -2.46. The molecule has 0 aromatic heterocycles. The molecule has 0 rings (SSSR count). The van der Waals surface area contributed by atoms with Crippen molar-refractivity contribution in [3.63, 3.8) is 0 Å². The molecule has 0 aromatic carbocycles. The minimum Gasteiger partial charge on any atom is -0.462 e. The predicted octanol–water partition coefficient (Wildman–Crippen LogP) is 20.2. The van der Waals surface area contributed by atoms with Crippen molar-refractivity contribution in [2.75, 3.05) is 39.6 Å². The Balaban J connectivity index is 5.30. The molecule has 5 atom stereocenters. The van der Waals surface area contributed by atoms with Crippen LogP contribution in [-0.4, -0.2) is 96.7 Å². The number of aliphatic hydroxyl groups is 1. The molecule has 0 amide bonds. The first-order chi connectivity index (χ1) is 43.7. The molecule has 0 aliphatic rings. The summed E-state index contributed by atoms with van der Waals surface area (Å²) in [5.74, 6) is 0.0544. The summed E-state index contributed by atoms with van der Waals surface area (Å²) in [6, 6.07) is 0. The van der Waals surface area contributed by atoms with Gasteiger partial charge in [0.1, 0.15) is 19.3 Å². The number of rotatable bonds is 68. The zero-order chi connectivity index (χ0) is 67.3. The molecule has 3 unspecified atom stereocenters. The van der Waals surface area contributed by atoms with Gasteiger partial charge >= 0.3 is 39.5 Å². The minimum atomic E-state index is -4.96. The normalized spacial score (nSPS) is 14.3. The van der Waals surface area contributed by atoms with Gasteiger partial charge in [0.25, 0.3) is 0 Å². The van der Waals surface area contributed by atoms with Crippen LogP contribution in [0.3, 0.4) is 0 Å². The van der Waals surface area contributed by atoms with Crippen LogP contribution in [0.2, 0.25) is 0 Å². The van der Waals surface area contributed by atoms with Crippen LogP contribution in [0.5, 0.6) is 0 Å². The lowest BCUT2D eigenvalue weighted by Crippen LogP contribution is -2.30. The minimum absolute atomic E-state index is 0.0843.